The quantitative estimate of drug-likeness (QED) is 0.801. The second-order valence-electron chi connectivity index (χ2n) is 5.21. The van der Waals surface area contributed by atoms with Crippen LogP contribution in [-0.4, -0.2) is 22.6 Å². The zero-order chi connectivity index (χ0) is 15.1. The first-order valence-electron chi connectivity index (χ1n) is 7.67. The van der Waals surface area contributed by atoms with Gasteiger partial charge in [-0.15, -0.1) is 0 Å². The molecular weight excluding hydrogens is 260 g/mol. The maximum absolute atomic E-state index is 4.64. The average Bonchev–Trinajstić information content (AvgIpc) is 2.53. The number of hydrogen-bond donors (Lipinski definition) is 2. The van der Waals surface area contributed by atoms with E-state index in [1.54, 1.807) is 0 Å². The molecule has 2 aromatic rings. The van der Waals surface area contributed by atoms with Crippen LogP contribution in [0.25, 0.3) is 11.3 Å². The van der Waals surface area contributed by atoms with Gasteiger partial charge in [-0.25, -0.2) is 4.98 Å². The fraction of sp³-hybridized carbons (Fsp3) is 0.412. The molecule has 21 heavy (non-hydrogen) atoms. The molecule has 2 N–H and O–H groups in total. The summed E-state index contributed by atoms with van der Waals surface area (Å²) in [4.78, 5) is 9.19. The number of anilines is 2. The van der Waals surface area contributed by atoms with Gasteiger partial charge >= 0.3 is 0 Å². The van der Waals surface area contributed by atoms with Crippen molar-refractivity contribution in [2.45, 2.75) is 39.7 Å². The Kier molecular flexibility index (Phi) is 5.55. The van der Waals surface area contributed by atoms with Crippen molar-refractivity contribution >= 4 is 11.8 Å². The monoisotopic (exact) mass is 284 g/mol. The lowest BCUT2D eigenvalue weighted by Gasteiger charge is -2.14. The summed E-state index contributed by atoms with van der Waals surface area (Å²) in [5.41, 5.74) is 2.04. The van der Waals surface area contributed by atoms with Crippen LogP contribution in [0.2, 0.25) is 0 Å². The van der Waals surface area contributed by atoms with Crippen molar-refractivity contribution in [1.29, 1.82) is 0 Å². The molecular formula is C17H24N4. The van der Waals surface area contributed by atoms with Crippen molar-refractivity contribution in [3.05, 3.63) is 36.4 Å². The smallest absolute Gasteiger partial charge is 0.225 e. The summed E-state index contributed by atoms with van der Waals surface area (Å²) in [6.07, 6.45) is 2.11. The van der Waals surface area contributed by atoms with E-state index in [2.05, 4.69) is 53.5 Å². The van der Waals surface area contributed by atoms with Gasteiger partial charge in [-0.3, -0.25) is 0 Å². The highest BCUT2D eigenvalue weighted by molar-refractivity contribution is 5.64. The van der Waals surface area contributed by atoms with Crippen LogP contribution in [0.3, 0.4) is 0 Å². The minimum atomic E-state index is 0.357. The molecule has 0 spiro atoms. The average molecular weight is 284 g/mol. The Bertz CT molecular complexity index is 554. The fourth-order valence-electron chi connectivity index (χ4n) is 1.93. The Labute approximate surface area is 127 Å². The van der Waals surface area contributed by atoms with Crippen LogP contribution < -0.4 is 10.6 Å². The van der Waals surface area contributed by atoms with Gasteiger partial charge in [0.05, 0.1) is 5.69 Å². The molecule has 0 aliphatic carbocycles. The molecule has 0 aliphatic heterocycles. The molecule has 0 bridgehead atoms. The van der Waals surface area contributed by atoms with Gasteiger partial charge in [0.2, 0.25) is 5.95 Å². The van der Waals surface area contributed by atoms with E-state index < -0.39 is 0 Å². The van der Waals surface area contributed by atoms with Gasteiger partial charge in [0.1, 0.15) is 5.82 Å². The zero-order valence-corrected chi connectivity index (χ0v) is 13.1. The van der Waals surface area contributed by atoms with Gasteiger partial charge in [-0.1, -0.05) is 44.2 Å². The lowest BCUT2D eigenvalue weighted by atomic mass is 10.1. The van der Waals surface area contributed by atoms with Crippen LogP contribution in [-0.2, 0) is 0 Å². The van der Waals surface area contributed by atoms with Gasteiger partial charge in [0.25, 0.3) is 0 Å². The molecule has 1 aromatic carbocycles. The first-order valence-corrected chi connectivity index (χ1v) is 7.67. The SMILES string of the molecule is CCCNc1cc(-c2ccccc2)nc(NC(C)CC)n1. The van der Waals surface area contributed by atoms with Crippen LogP contribution in [0.4, 0.5) is 11.8 Å². The first kappa shape index (κ1) is 15.3. The predicted octanol–water partition coefficient (Wildman–Crippen LogP) is 4.18. The number of rotatable bonds is 7. The number of nitrogens with one attached hydrogen (secondary N) is 2. The van der Waals surface area contributed by atoms with E-state index in [0.717, 1.165) is 36.5 Å². The molecule has 2 rings (SSSR count). The third-order valence-corrected chi connectivity index (χ3v) is 3.34. The van der Waals surface area contributed by atoms with E-state index in [4.69, 9.17) is 0 Å². The normalized spacial score (nSPS) is 12.0. The molecule has 1 atom stereocenters. The Morgan fingerprint density at radius 1 is 1.10 bits per heavy atom. The molecule has 4 nitrogen and oxygen atoms in total. The molecule has 1 heterocycles. The second-order valence-corrected chi connectivity index (χ2v) is 5.21. The van der Waals surface area contributed by atoms with Crippen molar-refractivity contribution < 1.29 is 0 Å². The van der Waals surface area contributed by atoms with E-state index in [-0.39, 0.29) is 0 Å². The minimum Gasteiger partial charge on any atom is -0.370 e. The van der Waals surface area contributed by atoms with Gasteiger partial charge in [-0.2, -0.15) is 4.98 Å². The van der Waals surface area contributed by atoms with Gasteiger partial charge in [-0.05, 0) is 19.8 Å². The van der Waals surface area contributed by atoms with Gasteiger partial charge < -0.3 is 10.6 Å². The maximum Gasteiger partial charge on any atom is 0.225 e. The Morgan fingerprint density at radius 3 is 2.52 bits per heavy atom. The van der Waals surface area contributed by atoms with E-state index in [9.17, 15) is 0 Å². The molecule has 0 radical (unpaired) electrons. The lowest BCUT2D eigenvalue weighted by Crippen LogP contribution is -2.16. The number of aromatic nitrogens is 2. The van der Waals surface area contributed by atoms with Gasteiger partial charge in [0.15, 0.2) is 0 Å². The highest BCUT2D eigenvalue weighted by Gasteiger charge is 2.08. The van der Waals surface area contributed by atoms with E-state index in [0.29, 0.717) is 12.0 Å². The van der Waals surface area contributed by atoms with E-state index >= 15 is 0 Å². The maximum atomic E-state index is 4.64. The van der Waals surface area contributed by atoms with Crippen molar-refractivity contribution in [2.75, 3.05) is 17.2 Å². The van der Waals surface area contributed by atoms with Gasteiger partial charge in [0, 0.05) is 24.2 Å². The third kappa shape index (κ3) is 4.45. The van der Waals surface area contributed by atoms with Crippen molar-refractivity contribution in [3.63, 3.8) is 0 Å². The standard InChI is InChI=1S/C17H24N4/c1-4-11-18-16-12-15(14-9-7-6-8-10-14)20-17(21-16)19-13(3)5-2/h6-10,12-13H,4-5,11H2,1-3H3,(H2,18,19,20,21). The van der Waals surface area contributed by atoms with Crippen molar-refractivity contribution in [3.8, 4) is 11.3 Å². The first-order chi connectivity index (χ1) is 10.2. The molecule has 112 valence electrons. The molecule has 1 aromatic heterocycles. The molecule has 0 fully saturated rings. The zero-order valence-electron chi connectivity index (χ0n) is 13.1. The molecule has 4 heteroatoms. The summed E-state index contributed by atoms with van der Waals surface area (Å²) in [6.45, 7) is 7.34. The van der Waals surface area contributed by atoms with Crippen LogP contribution in [0.15, 0.2) is 36.4 Å². The van der Waals surface area contributed by atoms with Crippen LogP contribution in [0.1, 0.15) is 33.6 Å². The van der Waals surface area contributed by atoms with Crippen LogP contribution in [0.5, 0.6) is 0 Å². The van der Waals surface area contributed by atoms with Crippen molar-refractivity contribution in [1.82, 2.24) is 9.97 Å². The molecule has 0 saturated heterocycles. The second kappa shape index (κ2) is 7.62. The Balaban J connectivity index is 2.32. The van der Waals surface area contributed by atoms with Crippen LogP contribution in [0, 0.1) is 0 Å². The molecule has 1 unspecified atom stereocenters. The highest BCUT2D eigenvalue weighted by atomic mass is 15.2. The Morgan fingerprint density at radius 2 is 1.86 bits per heavy atom. The number of benzene rings is 1. The summed E-state index contributed by atoms with van der Waals surface area (Å²) in [5.74, 6) is 1.56. The lowest BCUT2D eigenvalue weighted by molar-refractivity contribution is 0.753. The molecule has 0 aliphatic rings. The Hall–Kier alpha value is -2.10. The number of hydrogen-bond acceptors (Lipinski definition) is 4. The topological polar surface area (TPSA) is 49.8 Å². The summed E-state index contributed by atoms with van der Waals surface area (Å²) in [6, 6.07) is 12.6. The molecule has 0 saturated carbocycles. The van der Waals surface area contributed by atoms with Crippen molar-refractivity contribution in [2.24, 2.45) is 0 Å². The summed E-state index contributed by atoms with van der Waals surface area (Å²) < 4.78 is 0. The fourth-order valence-corrected chi connectivity index (χ4v) is 1.93. The summed E-state index contributed by atoms with van der Waals surface area (Å²) in [5, 5.41) is 6.70. The minimum absolute atomic E-state index is 0.357. The van der Waals surface area contributed by atoms with Crippen LogP contribution >= 0.6 is 0 Å². The number of nitrogens with zero attached hydrogens (tertiary/aromatic N) is 2. The largest absolute Gasteiger partial charge is 0.370 e. The summed E-state index contributed by atoms with van der Waals surface area (Å²) in [7, 11) is 0. The third-order valence-electron chi connectivity index (χ3n) is 3.34. The summed E-state index contributed by atoms with van der Waals surface area (Å²) >= 11 is 0. The van der Waals surface area contributed by atoms with E-state index in [1.807, 2.05) is 24.3 Å². The van der Waals surface area contributed by atoms with E-state index in [1.165, 1.54) is 0 Å². The predicted molar refractivity (Wildman–Crippen MR) is 89.6 cm³/mol. The molecule has 0 amide bonds. The highest BCUT2D eigenvalue weighted by Crippen LogP contribution is 2.21.